The molecule has 0 fully saturated rings. The van der Waals surface area contributed by atoms with Gasteiger partial charge in [-0.25, -0.2) is 5.43 Å². The van der Waals surface area contributed by atoms with Crippen LogP contribution in [-0.4, -0.2) is 38.8 Å². The number of hydrogen-bond acceptors (Lipinski definition) is 5. The molecule has 0 atom stereocenters. The molecule has 0 bridgehead atoms. The molecule has 0 aliphatic rings. The average Bonchev–Trinajstić information content (AvgIpc) is 2.84. The van der Waals surface area contributed by atoms with Gasteiger partial charge in [-0.3, -0.25) is 9.59 Å². The van der Waals surface area contributed by atoms with E-state index in [4.69, 9.17) is 9.47 Å². The van der Waals surface area contributed by atoms with Crippen molar-refractivity contribution in [3.8, 4) is 11.5 Å². The summed E-state index contributed by atoms with van der Waals surface area (Å²) in [6.45, 7) is -0.202. The van der Waals surface area contributed by atoms with Gasteiger partial charge in [-0.15, -0.1) is 0 Å². The zero-order valence-electron chi connectivity index (χ0n) is 17.9. The number of amides is 2. The number of benzene rings is 3. The summed E-state index contributed by atoms with van der Waals surface area (Å²) in [6, 6.07) is 24.1. The van der Waals surface area contributed by atoms with Crippen molar-refractivity contribution in [3.63, 3.8) is 0 Å². The molecule has 3 aromatic carbocycles. The van der Waals surface area contributed by atoms with Crippen LogP contribution in [0, 0.1) is 0 Å². The summed E-state index contributed by atoms with van der Waals surface area (Å²) in [4.78, 5) is 25.1. The molecule has 0 aliphatic heterocycles. The van der Waals surface area contributed by atoms with Gasteiger partial charge in [0, 0.05) is 11.6 Å². The van der Waals surface area contributed by atoms with E-state index in [0.29, 0.717) is 17.1 Å². The van der Waals surface area contributed by atoms with Gasteiger partial charge in [-0.1, -0.05) is 60.7 Å². The Morgan fingerprint density at radius 1 is 0.906 bits per heavy atom. The molecule has 7 heteroatoms. The van der Waals surface area contributed by atoms with Gasteiger partial charge in [-0.05, 0) is 23.3 Å². The lowest BCUT2D eigenvalue weighted by atomic mass is 9.90. The van der Waals surface area contributed by atoms with E-state index in [1.54, 1.807) is 25.3 Å². The lowest BCUT2D eigenvalue weighted by Gasteiger charge is -2.17. The maximum Gasteiger partial charge on any atom is 0.259 e. The topological polar surface area (TPSA) is 89.0 Å². The second-order valence-electron chi connectivity index (χ2n) is 6.87. The van der Waals surface area contributed by atoms with Gasteiger partial charge < -0.3 is 14.8 Å². The molecule has 2 amide bonds. The normalized spacial score (nSPS) is 10.7. The summed E-state index contributed by atoms with van der Waals surface area (Å²) in [5.41, 5.74) is 4.78. The number of hydrazone groups is 1. The number of carbonyl (C=O) groups is 2. The highest BCUT2D eigenvalue weighted by molar-refractivity contribution is 5.91. The minimum absolute atomic E-state index is 0.202. The zero-order valence-corrected chi connectivity index (χ0v) is 17.9. The Hall–Kier alpha value is -4.13. The third kappa shape index (κ3) is 5.95. The maximum absolute atomic E-state index is 12.9. The van der Waals surface area contributed by atoms with Crippen LogP contribution in [0.4, 0.5) is 0 Å². The summed E-state index contributed by atoms with van der Waals surface area (Å²) in [6.07, 6.45) is 1.47. The van der Waals surface area contributed by atoms with Gasteiger partial charge in [0.2, 0.25) is 5.91 Å². The summed E-state index contributed by atoms with van der Waals surface area (Å²) in [5, 5.41) is 6.65. The monoisotopic (exact) mass is 431 g/mol. The number of carbonyl (C=O) groups excluding carboxylic acids is 2. The van der Waals surface area contributed by atoms with Crippen molar-refractivity contribution in [1.29, 1.82) is 0 Å². The molecule has 0 saturated heterocycles. The number of nitrogens with zero attached hydrogens (tertiary/aromatic N) is 1. The van der Waals surface area contributed by atoms with Crippen LogP contribution in [0.5, 0.6) is 11.5 Å². The number of rotatable bonds is 9. The molecule has 32 heavy (non-hydrogen) atoms. The Kier molecular flexibility index (Phi) is 7.97. The van der Waals surface area contributed by atoms with Crippen LogP contribution in [0.3, 0.4) is 0 Å². The van der Waals surface area contributed by atoms with E-state index in [9.17, 15) is 9.59 Å². The van der Waals surface area contributed by atoms with Crippen LogP contribution < -0.4 is 20.2 Å². The second kappa shape index (κ2) is 11.3. The van der Waals surface area contributed by atoms with Gasteiger partial charge >= 0.3 is 0 Å². The summed E-state index contributed by atoms with van der Waals surface area (Å²) >= 11 is 0. The fourth-order valence-corrected chi connectivity index (χ4v) is 3.19. The van der Waals surface area contributed by atoms with E-state index in [1.807, 2.05) is 60.7 Å². The van der Waals surface area contributed by atoms with E-state index < -0.39 is 11.8 Å². The Bertz CT molecular complexity index is 1030. The second-order valence-corrected chi connectivity index (χ2v) is 6.87. The van der Waals surface area contributed by atoms with Gasteiger partial charge in [-0.2, -0.15) is 5.10 Å². The van der Waals surface area contributed by atoms with Crippen LogP contribution in [0.15, 0.2) is 84.0 Å². The standard InChI is InChI=1S/C25H25N3O4/c1-31-21-14-13-20(22(15-21)32-2)16-27-28-23(29)17-26-25(30)24(18-9-5-3-6-10-18)19-11-7-4-8-12-19/h3-16,24H,17H2,1-2H3,(H,26,30)(H,28,29). The molecule has 164 valence electrons. The van der Waals surface area contributed by atoms with Crippen molar-refractivity contribution in [1.82, 2.24) is 10.7 Å². The van der Waals surface area contributed by atoms with E-state index in [0.717, 1.165) is 11.1 Å². The number of ether oxygens (including phenoxy) is 2. The third-order valence-corrected chi connectivity index (χ3v) is 4.78. The summed E-state index contributed by atoms with van der Waals surface area (Å²) in [5.74, 6) is -0.0149. The fourth-order valence-electron chi connectivity index (χ4n) is 3.19. The van der Waals surface area contributed by atoms with E-state index in [-0.39, 0.29) is 12.5 Å². The lowest BCUT2D eigenvalue weighted by Crippen LogP contribution is -2.37. The van der Waals surface area contributed by atoms with Crippen molar-refractivity contribution in [3.05, 3.63) is 95.6 Å². The number of hydrogen-bond donors (Lipinski definition) is 2. The molecule has 0 aromatic heterocycles. The predicted octanol–water partition coefficient (Wildman–Crippen LogP) is 3.10. The van der Waals surface area contributed by atoms with Gasteiger partial charge in [0.1, 0.15) is 11.5 Å². The number of methoxy groups -OCH3 is 2. The Morgan fingerprint density at radius 2 is 1.53 bits per heavy atom. The molecular formula is C25H25N3O4. The molecule has 0 saturated carbocycles. The zero-order chi connectivity index (χ0) is 22.8. The van der Waals surface area contributed by atoms with Gasteiger partial charge in [0.25, 0.3) is 5.91 Å². The molecule has 0 spiro atoms. The molecule has 0 aliphatic carbocycles. The van der Waals surface area contributed by atoms with Crippen molar-refractivity contribution in [2.24, 2.45) is 5.10 Å². The van der Waals surface area contributed by atoms with E-state index >= 15 is 0 Å². The molecule has 2 N–H and O–H groups in total. The number of nitrogens with one attached hydrogen (secondary N) is 2. The molecule has 3 aromatic rings. The first-order valence-corrected chi connectivity index (χ1v) is 10.0. The predicted molar refractivity (Wildman–Crippen MR) is 123 cm³/mol. The molecule has 7 nitrogen and oxygen atoms in total. The van der Waals surface area contributed by atoms with Crippen molar-refractivity contribution >= 4 is 18.0 Å². The van der Waals surface area contributed by atoms with Crippen molar-refractivity contribution in [2.75, 3.05) is 20.8 Å². The van der Waals surface area contributed by atoms with Crippen LogP contribution in [-0.2, 0) is 9.59 Å². The van der Waals surface area contributed by atoms with E-state index in [1.165, 1.54) is 13.3 Å². The Balaban J connectivity index is 1.61. The average molecular weight is 431 g/mol. The highest BCUT2D eigenvalue weighted by Gasteiger charge is 2.22. The Labute approximate surface area is 187 Å². The minimum Gasteiger partial charge on any atom is -0.497 e. The van der Waals surface area contributed by atoms with E-state index in [2.05, 4.69) is 15.8 Å². The minimum atomic E-state index is -0.516. The summed E-state index contributed by atoms with van der Waals surface area (Å²) < 4.78 is 10.5. The van der Waals surface area contributed by atoms with Crippen LogP contribution in [0.1, 0.15) is 22.6 Å². The molecular weight excluding hydrogens is 406 g/mol. The molecule has 3 rings (SSSR count). The molecule has 0 radical (unpaired) electrons. The lowest BCUT2D eigenvalue weighted by molar-refractivity contribution is -0.126. The third-order valence-electron chi connectivity index (χ3n) is 4.78. The van der Waals surface area contributed by atoms with Crippen molar-refractivity contribution in [2.45, 2.75) is 5.92 Å². The smallest absolute Gasteiger partial charge is 0.259 e. The molecule has 0 unspecified atom stereocenters. The van der Waals surface area contributed by atoms with Gasteiger partial charge in [0.15, 0.2) is 0 Å². The quantitative estimate of drug-likeness (QED) is 0.403. The first-order valence-electron chi connectivity index (χ1n) is 10.0. The highest BCUT2D eigenvalue weighted by atomic mass is 16.5. The maximum atomic E-state index is 12.9. The first-order chi connectivity index (χ1) is 15.6. The van der Waals surface area contributed by atoms with Gasteiger partial charge in [0.05, 0.1) is 32.9 Å². The van der Waals surface area contributed by atoms with Crippen LogP contribution in [0.2, 0.25) is 0 Å². The summed E-state index contributed by atoms with van der Waals surface area (Å²) in [7, 11) is 3.10. The molecule has 0 heterocycles. The van der Waals surface area contributed by atoms with Crippen LogP contribution in [0.25, 0.3) is 0 Å². The SMILES string of the molecule is COc1ccc(C=NNC(=O)CNC(=O)C(c2ccccc2)c2ccccc2)c(OC)c1. The first kappa shape index (κ1) is 22.6. The largest absolute Gasteiger partial charge is 0.497 e. The van der Waals surface area contributed by atoms with Crippen molar-refractivity contribution < 1.29 is 19.1 Å². The van der Waals surface area contributed by atoms with Crippen LogP contribution >= 0.6 is 0 Å². The fraction of sp³-hybridized carbons (Fsp3) is 0.160. The Morgan fingerprint density at radius 3 is 2.09 bits per heavy atom. The highest BCUT2D eigenvalue weighted by Crippen LogP contribution is 2.25.